The van der Waals surface area contributed by atoms with Crippen molar-refractivity contribution in [1.29, 1.82) is 0 Å². The van der Waals surface area contributed by atoms with Crippen LogP contribution in [0.25, 0.3) is 20.9 Å². The number of halogens is 1. The van der Waals surface area contributed by atoms with Crippen molar-refractivity contribution in [2.75, 3.05) is 6.54 Å². The smallest absolute Gasteiger partial charge is 0.303 e. The van der Waals surface area contributed by atoms with E-state index in [-0.39, 0.29) is 13.2 Å². The summed E-state index contributed by atoms with van der Waals surface area (Å²) in [6, 6.07) is 7.69. The first-order valence-corrected chi connectivity index (χ1v) is 7.74. The molecule has 0 radical (unpaired) electrons. The minimum atomic E-state index is -1.89. The Kier molecular flexibility index (Phi) is 7.19. The van der Waals surface area contributed by atoms with Gasteiger partial charge in [-0.1, -0.05) is 40.6 Å². The van der Waals surface area contributed by atoms with Crippen LogP contribution in [-0.4, -0.2) is 43.2 Å². The van der Waals surface area contributed by atoms with Crippen LogP contribution in [0.4, 0.5) is 4.39 Å². The number of benzene rings is 1. The highest BCUT2D eigenvalue weighted by molar-refractivity contribution is 5.66. The maximum absolute atomic E-state index is 14.9. The predicted molar refractivity (Wildman–Crippen MR) is 87.3 cm³/mol. The minimum Gasteiger partial charge on any atom is -0.457 e. The van der Waals surface area contributed by atoms with E-state index in [1.807, 2.05) is 18.2 Å². The van der Waals surface area contributed by atoms with Gasteiger partial charge in [-0.15, -0.1) is 0 Å². The molecule has 0 aliphatic carbocycles. The largest absolute Gasteiger partial charge is 0.457 e. The zero-order valence-electron chi connectivity index (χ0n) is 13.9. The molecule has 10 nitrogen and oxygen atoms in total. The second-order valence-corrected chi connectivity index (χ2v) is 5.47. The van der Waals surface area contributed by atoms with Crippen LogP contribution in [0.1, 0.15) is 12.5 Å². The van der Waals surface area contributed by atoms with Crippen molar-refractivity contribution in [3.63, 3.8) is 0 Å². The third-order valence-electron chi connectivity index (χ3n) is 3.66. The first-order valence-electron chi connectivity index (χ1n) is 7.74. The summed E-state index contributed by atoms with van der Waals surface area (Å²) < 4.78 is 31.0. The molecule has 0 spiro atoms. The molecule has 1 aromatic carbocycles. The molecule has 0 aromatic heterocycles. The lowest BCUT2D eigenvalue weighted by molar-refractivity contribution is -0.255. The first-order chi connectivity index (χ1) is 12.6. The molecule has 0 saturated carbocycles. The van der Waals surface area contributed by atoms with E-state index >= 15 is 0 Å². The van der Waals surface area contributed by atoms with Gasteiger partial charge in [-0.3, -0.25) is 4.79 Å². The highest BCUT2D eigenvalue weighted by Crippen LogP contribution is 2.30. The summed E-state index contributed by atoms with van der Waals surface area (Å²) in [5.41, 5.74) is 18.0. The van der Waals surface area contributed by atoms with Crippen LogP contribution in [0, 0.1) is 0 Å². The fourth-order valence-electron chi connectivity index (χ4n) is 2.54. The Balaban J connectivity index is 2.20. The van der Waals surface area contributed by atoms with E-state index in [2.05, 4.69) is 20.1 Å². The molecule has 5 atom stereocenters. The average molecular weight is 364 g/mol. The second-order valence-electron chi connectivity index (χ2n) is 5.47. The molecule has 138 valence electrons. The van der Waals surface area contributed by atoms with Crippen molar-refractivity contribution in [3.8, 4) is 0 Å². The lowest BCUT2D eigenvalue weighted by atomic mass is 9.98. The van der Waals surface area contributed by atoms with Gasteiger partial charge in [0.15, 0.2) is 18.6 Å². The van der Waals surface area contributed by atoms with Gasteiger partial charge in [-0.05, 0) is 16.6 Å². The van der Waals surface area contributed by atoms with E-state index in [9.17, 15) is 9.18 Å². The summed E-state index contributed by atoms with van der Waals surface area (Å²) in [6.07, 6.45) is -5.57. The highest BCUT2D eigenvalue weighted by Gasteiger charge is 2.48. The average Bonchev–Trinajstić information content (AvgIpc) is 2.64. The molecule has 1 aliphatic heterocycles. The van der Waals surface area contributed by atoms with Crippen molar-refractivity contribution in [3.05, 3.63) is 56.8 Å². The summed E-state index contributed by atoms with van der Waals surface area (Å²) in [5, 5.41) is 6.74. The number of hydrogen-bond acceptors (Lipinski definition) is 6. The zero-order valence-corrected chi connectivity index (χ0v) is 13.9. The van der Waals surface area contributed by atoms with Crippen molar-refractivity contribution < 1.29 is 23.4 Å². The van der Waals surface area contributed by atoms with Crippen molar-refractivity contribution in [2.45, 2.75) is 44.2 Å². The summed E-state index contributed by atoms with van der Waals surface area (Å²) in [6.45, 7) is 0.920. The fraction of sp³-hybridized carbons (Fsp3) is 0.533. The van der Waals surface area contributed by atoms with Crippen molar-refractivity contribution in [1.82, 2.24) is 0 Å². The van der Waals surface area contributed by atoms with Crippen LogP contribution < -0.4 is 0 Å². The fourth-order valence-corrected chi connectivity index (χ4v) is 2.54. The van der Waals surface area contributed by atoms with E-state index in [0.29, 0.717) is 0 Å². The van der Waals surface area contributed by atoms with Gasteiger partial charge in [0.2, 0.25) is 0 Å². The van der Waals surface area contributed by atoms with Crippen molar-refractivity contribution >= 4 is 5.97 Å². The van der Waals surface area contributed by atoms with Crippen LogP contribution in [-0.2, 0) is 25.6 Å². The van der Waals surface area contributed by atoms with Gasteiger partial charge in [-0.25, -0.2) is 4.39 Å². The van der Waals surface area contributed by atoms with Crippen LogP contribution in [0.5, 0.6) is 0 Å². The molecule has 11 heteroatoms. The molecule has 1 aliphatic rings. The van der Waals surface area contributed by atoms with E-state index < -0.39 is 36.7 Å². The number of nitrogens with zero attached hydrogens (tertiary/aromatic N) is 6. The number of esters is 1. The quantitative estimate of drug-likeness (QED) is 0.317. The molecule has 1 aromatic rings. The molecule has 5 unspecified atom stereocenters. The molecule has 26 heavy (non-hydrogen) atoms. The number of azide groups is 2. The zero-order chi connectivity index (χ0) is 18.9. The van der Waals surface area contributed by atoms with Crippen LogP contribution in [0.15, 0.2) is 40.6 Å². The second kappa shape index (κ2) is 9.59. The molecular formula is C15H17FN6O4. The number of rotatable bonds is 7. The monoisotopic (exact) mass is 364 g/mol. The Hall–Kier alpha value is -2.84. The molecule has 1 heterocycles. The maximum Gasteiger partial charge on any atom is 0.303 e. The molecule has 1 saturated heterocycles. The summed E-state index contributed by atoms with van der Waals surface area (Å²) in [7, 11) is 0. The van der Waals surface area contributed by atoms with Gasteiger partial charge < -0.3 is 14.2 Å². The van der Waals surface area contributed by atoms with Gasteiger partial charge in [0, 0.05) is 16.7 Å². The lowest BCUT2D eigenvalue weighted by Crippen LogP contribution is -2.57. The third kappa shape index (κ3) is 5.08. The van der Waals surface area contributed by atoms with Gasteiger partial charge >= 0.3 is 5.97 Å². The minimum absolute atomic E-state index is 0.0855. The molecule has 0 bridgehead atoms. The van der Waals surface area contributed by atoms with Crippen molar-refractivity contribution in [2.24, 2.45) is 10.2 Å². The van der Waals surface area contributed by atoms with Crippen LogP contribution >= 0.6 is 0 Å². The van der Waals surface area contributed by atoms with E-state index in [4.69, 9.17) is 25.3 Å². The molecule has 2 rings (SSSR count). The van der Waals surface area contributed by atoms with Crippen LogP contribution in [0.3, 0.4) is 0 Å². The topological polar surface area (TPSA) is 142 Å². The van der Waals surface area contributed by atoms with Gasteiger partial charge in [-0.2, -0.15) is 0 Å². The van der Waals surface area contributed by atoms with Gasteiger partial charge in [0.05, 0.1) is 13.2 Å². The van der Waals surface area contributed by atoms with E-state index in [1.165, 1.54) is 0 Å². The number of hydrogen-bond donors (Lipinski definition) is 0. The molecular weight excluding hydrogens is 347 g/mol. The van der Waals surface area contributed by atoms with E-state index in [0.717, 1.165) is 12.5 Å². The van der Waals surface area contributed by atoms with Crippen LogP contribution in [0.2, 0.25) is 0 Å². The maximum atomic E-state index is 14.9. The number of alkyl halides is 1. The number of carbonyl (C=O) groups is 1. The van der Waals surface area contributed by atoms with E-state index in [1.54, 1.807) is 12.1 Å². The summed E-state index contributed by atoms with van der Waals surface area (Å²) in [5.74, 6) is -0.740. The Labute approximate surface area is 148 Å². The standard InChI is InChI=1S/C15H17FN6O4/c1-9(23)25-14-11(7-19-21-17)26-15(13(12(14)16)20-22-18)24-8-10-5-3-2-4-6-10/h2-6,11-15H,7-8H2,1H3. The predicted octanol–water partition coefficient (Wildman–Crippen LogP) is 3.19. The molecule has 1 fully saturated rings. The highest BCUT2D eigenvalue weighted by atomic mass is 19.1. The summed E-state index contributed by atoms with van der Waals surface area (Å²) >= 11 is 0. The Morgan fingerprint density at radius 2 is 2.04 bits per heavy atom. The third-order valence-corrected chi connectivity index (χ3v) is 3.66. The number of carbonyl (C=O) groups excluding carboxylic acids is 1. The number of ether oxygens (including phenoxy) is 3. The lowest BCUT2D eigenvalue weighted by Gasteiger charge is -2.40. The summed E-state index contributed by atoms with van der Waals surface area (Å²) in [4.78, 5) is 16.5. The molecule has 0 N–H and O–H groups in total. The Bertz CT molecular complexity index is 705. The Morgan fingerprint density at radius 1 is 1.31 bits per heavy atom. The SMILES string of the molecule is CC(=O)OC1C(CN=[N+]=[N-])OC(OCc2ccccc2)C(N=[N+]=[N-])C1F. The van der Waals surface area contributed by atoms with Gasteiger partial charge in [0.25, 0.3) is 0 Å². The Morgan fingerprint density at radius 3 is 2.65 bits per heavy atom. The molecule has 0 amide bonds. The normalized spacial score (nSPS) is 27.7. The van der Waals surface area contributed by atoms with Gasteiger partial charge in [0.1, 0.15) is 12.1 Å². The first kappa shape index (κ1) is 19.5.